The van der Waals surface area contributed by atoms with E-state index in [-0.39, 0.29) is 5.91 Å². The number of ether oxygens (including phenoxy) is 1. The summed E-state index contributed by atoms with van der Waals surface area (Å²) in [5.74, 6) is 1.13. The highest BCUT2D eigenvalue weighted by Crippen LogP contribution is 2.33. The molecule has 0 aliphatic heterocycles. The fraction of sp³-hybridized carbons (Fsp3) is 0.231. The Morgan fingerprint density at radius 1 is 0.969 bits per heavy atom. The van der Waals surface area contributed by atoms with Crippen LogP contribution in [0.3, 0.4) is 0 Å². The fourth-order valence-corrected chi connectivity index (χ4v) is 4.55. The molecule has 0 unspecified atom stereocenters. The summed E-state index contributed by atoms with van der Waals surface area (Å²) in [6, 6.07) is 23.1. The van der Waals surface area contributed by atoms with Crippen LogP contribution in [0.2, 0.25) is 0 Å². The third kappa shape index (κ3) is 5.15. The molecule has 1 amide bonds. The number of anilines is 1. The summed E-state index contributed by atoms with van der Waals surface area (Å²) in [5.41, 5.74) is 2.62. The van der Waals surface area contributed by atoms with Crippen LogP contribution < -0.4 is 9.64 Å². The summed E-state index contributed by atoms with van der Waals surface area (Å²) in [6.45, 7) is 3.53. The van der Waals surface area contributed by atoms with Crippen molar-refractivity contribution in [2.75, 3.05) is 32.1 Å². The summed E-state index contributed by atoms with van der Waals surface area (Å²) in [5, 5.41) is 0.712. The van der Waals surface area contributed by atoms with Gasteiger partial charge in [0.25, 0.3) is 5.91 Å². The van der Waals surface area contributed by atoms with Crippen molar-refractivity contribution in [1.29, 1.82) is 0 Å². The molecule has 4 rings (SSSR count). The molecule has 0 aliphatic carbocycles. The number of carbonyl (C=O) groups excluding carboxylic acids is 1. The lowest BCUT2D eigenvalue weighted by Gasteiger charge is -2.22. The fourth-order valence-electron chi connectivity index (χ4n) is 3.46. The normalized spacial score (nSPS) is 11.1. The molecule has 1 aromatic heterocycles. The summed E-state index contributed by atoms with van der Waals surface area (Å²) >= 11 is 1.55. The van der Waals surface area contributed by atoms with E-state index in [2.05, 4.69) is 17.9 Å². The zero-order valence-electron chi connectivity index (χ0n) is 18.6. The Bertz CT molecular complexity index is 1200. The molecule has 0 N–H and O–H groups in total. The van der Waals surface area contributed by atoms with Gasteiger partial charge in [0, 0.05) is 6.54 Å². The zero-order valence-corrected chi connectivity index (χ0v) is 19.4. The molecular weight excluding hydrogens is 418 g/mol. The molecule has 5 nitrogen and oxygen atoms in total. The molecule has 6 heteroatoms. The van der Waals surface area contributed by atoms with Crippen molar-refractivity contribution in [2.24, 2.45) is 0 Å². The van der Waals surface area contributed by atoms with Gasteiger partial charge in [-0.2, -0.15) is 0 Å². The molecule has 0 aliphatic rings. The number of hydrogen-bond acceptors (Lipinski definition) is 5. The molecule has 0 radical (unpaired) electrons. The number of rotatable bonds is 8. The van der Waals surface area contributed by atoms with Gasteiger partial charge in [0.1, 0.15) is 11.5 Å². The predicted molar refractivity (Wildman–Crippen MR) is 132 cm³/mol. The van der Waals surface area contributed by atoms with Gasteiger partial charge in [-0.05, 0) is 75.9 Å². The smallest absolute Gasteiger partial charge is 0.263 e. The summed E-state index contributed by atoms with van der Waals surface area (Å²) in [7, 11) is 4.07. The minimum atomic E-state index is -0.105. The highest BCUT2D eigenvalue weighted by atomic mass is 32.1. The number of benzene rings is 3. The van der Waals surface area contributed by atoms with Crippen molar-refractivity contribution in [3.63, 3.8) is 0 Å². The Balaban J connectivity index is 1.68. The molecule has 0 spiro atoms. The topological polar surface area (TPSA) is 45.7 Å². The highest BCUT2D eigenvalue weighted by molar-refractivity contribution is 7.22. The third-order valence-corrected chi connectivity index (χ3v) is 6.13. The van der Waals surface area contributed by atoms with Gasteiger partial charge in [-0.1, -0.05) is 47.7 Å². The maximum atomic E-state index is 13.8. The van der Waals surface area contributed by atoms with Gasteiger partial charge in [-0.15, -0.1) is 0 Å². The first kappa shape index (κ1) is 22.0. The molecule has 0 bridgehead atoms. The monoisotopic (exact) mass is 445 g/mol. The standard InChI is InChI=1S/C26H27N3O2S/c1-19-14-15-22-24(18-19)32-26(27-22)29(17-9-16-28(2)3)25(30)21-12-7-8-13-23(21)31-20-10-5-4-6-11-20/h4-8,10-15,18H,9,16-17H2,1-3H3. The average molecular weight is 446 g/mol. The van der Waals surface area contributed by atoms with Crippen LogP contribution >= 0.6 is 11.3 Å². The van der Waals surface area contributed by atoms with E-state index in [1.165, 1.54) is 5.56 Å². The van der Waals surface area contributed by atoms with Gasteiger partial charge in [0.15, 0.2) is 5.13 Å². The molecule has 3 aromatic carbocycles. The number of carbonyl (C=O) groups is 1. The second kappa shape index (κ2) is 9.94. The van der Waals surface area contributed by atoms with E-state index in [1.54, 1.807) is 16.2 Å². The van der Waals surface area contributed by atoms with E-state index in [4.69, 9.17) is 9.72 Å². The van der Waals surface area contributed by atoms with E-state index in [0.29, 0.717) is 28.7 Å². The Morgan fingerprint density at radius 2 is 1.72 bits per heavy atom. The van der Waals surface area contributed by atoms with Gasteiger partial charge < -0.3 is 9.64 Å². The van der Waals surface area contributed by atoms with Gasteiger partial charge in [0.05, 0.1) is 15.8 Å². The van der Waals surface area contributed by atoms with Crippen LogP contribution in [0.5, 0.6) is 11.5 Å². The molecule has 0 fully saturated rings. The molecule has 4 aromatic rings. The molecule has 1 heterocycles. The zero-order chi connectivity index (χ0) is 22.5. The number of thiazole rings is 1. The Hall–Kier alpha value is -3.22. The quantitative estimate of drug-likeness (QED) is 0.334. The molecule has 32 heavy (non-hydrogen) atoms. The first-order chi connectivity index (χ1) is 15.5. The van der Waals surface area contributed by atoms with E-state index in [9.17, 15) is 4.79 Å². The number of amides is 1. The number of aromatic nitrogens is 1. The second-order valence-corrected chi connectivity index (χ2v) is 9.00. The van der Waals surface area contributed by atoms with Crippen LogP contribution in [0, 0.1) is 6.92 Å². The summed E-state index contributed by atoms with van der Waals surface area (Å²) in [6.07, 6.45) is 0.843. The van der Waals surface area contributed by atoms with Crippen molar-refractivity contribution >= 4 is 32.6 Å². The van der Waals surface area contributed by atoms with Gasteiger partial charge in [0.2, 0.25) is 0 Å². The maximum absolute atomic E-state index is 13.8. The van der Waals surface area contributed by atoms with E-state index < -0.39 is 0 Å². The van der Waals surface area contributed by atoms with Crippen LogP contribution in [0.1, 0.15) is 22.3 Å². The maximum Gasteiger partial charge on any atom is 0.263 e. The number of aryl methyl sites for hydroxylation is 1. The Labute approximate surface area is 192 Å². The van der Waals surface area contributed by atoms with Gasteiger partial charge >= 0.3 is 0 Å². The van der Waals surface area contributed by atoms with E-state index >= 15 is 0 Å². The minimum Gasteiger partial charge on any atom is -0.457 e. The number of para-hydroxylation sites is 2. The van der Waals surface area contributed by atoms with Crippen LogP contribution in [0.25, 0.3) is 10.2 Å². The summed E-state index contributed by atoms with van der Waals surface area (Å²) in [4.78, 5) is 22.5. The lowest BCUT2D eigenvalue weighted by molar-refractivity contribution is 0.0984. The van der Waals surface area contributed by atoms with E-state index in [1.807, 2.05) is 80.8 Å². The third-order valence-electron chi connectivity index (χ3n) is 5.08. The van der Waals surface area contributed by atoms with Crippen molar-refractivity contribution in [1.82, 2.24) is 9.88 Å². The lowest BCUT2D eigenvalue weighted by atomic mass is 10.1. The van der Waals surface area contributed by atoms with Crippen LogP contribution in [0.15, 0.2) is 72.8 Å². The number of fused-ring (bicyclic) bond motifs is 1. The molecule has 0 saturated carbocycles. The molecular formula is C26H27N3O2S. The first-order valence-electron chi connectivity index (χ1n) is 10.7. The van der Waals surface area contributed by atoms with Gasteiger partial charge in [-0.25, -0.2) is 4.98 Å². The van der Waals surface area contributed by atoms with Crippen LogP contribution in [0.4, 0.5) is 5.13 Å². The first-order valence-corrected chi connectivity index (χ1v) is 11.5. The van der Waals surface area contributed by atoms with Crippen molar-refractivity contribution < 1.29 is 9.53 Å². The average Bonchev–Trinajstić information content (AvgIpc) is 3.20. The highest BCUT2D eigenvalue weighted by Gasteiger charge is 2.24. The SMILES string of the molecule is Cc1ccc2nc(N(CCCN(C)C)C(=O)c3ccccc3Oc3ccccc3)sc2c1. The van der Waals surface area contributed by atoms with Crippen LogP contribution in [-0.4, -0.2) is 43.0 Å². The Morgan fingerprint density at radius 3 is 2.50 bits per heavy atom. The molecule has 0 atom stereocenters. The van der Waals surface area contributed by atoms with Crippen molar-refractivity contribution in [3.05, 3.63) is 83.9 Å². The lowest BCUT2D eigenvalue weighted by Crippen LogP contribution is -2.33. The predicted octanol–water partition coefficient (Wildman–Crippen LogP) is 6.00. The van der Waals surface area contributed by atoms with Crippen LogP contribution in [-0.2, 0) is 0 Å². The van der Waals surface area contributed by atoms with E-state index in [0.717, 1.165) is 23.2 Å². The largest absolute Gasteiger partial charge is 0.457 e. The minimum absolute atomic E-state index is 0.105. The number of nitrogens with zero attached hydrogens (tertiary/aromatic N) is 3. The summed E-state index contributed by atoms with van der Waals surface area (Å²) < 4.78 is 7.14. The molecule has 0 saturated heterocycles. The van der Waals surface area contributed by atoms with Crippen molar-refractivity contribution in [2.45, 2.75) is 13.3 Å². The second-order valence-electron chi connectivity index (χ2n) is 7.99. The number of hydrogen-bond donors (Lipinski definition) is 0. The molecule has 164 valence electrons. The Kier molecular flexibility index (Phi) is 6.83. The van der Waals surface area contributed by atoms with Gasteiger partial charge in [-0.3, -0.25) is 9.69 Å². The van der Waals surface area contributed by atoms with Crippen molar-refractivity contribution in [3.8, 4) is 11.5 Å².